The van der Waals surface area contributed by atoms with E-state index in [0.717, 1.165) is 30.3 Å². The molecule has 3 aromatic rings. The monoisotopic (exact) mass is 612 g/mol. The van der Waals surface area contributed by atoms with Gasteiger partial charge in [-0.25, -0.2) is 21.5 Å². The first-order valence-corrected chi connectivity index (χ1v) is 14.9. The summed E-state index contributed by atoms with van der Waals surface area (Å²) in [6, 6.07) is 4.05. The molecule has 13 heteroatoms. The van der Waals surface area contributed by atoms with Gasteiger partial charge in [0.15, 0.2) is 5.78 Å². The summed E-state index contributed by atoms with van der Waals surface area (Å²) in [7, 11) is 0. The van der Waals surface area contributed by atoms with Crippen LogP contribution in [0.5, 0.6) is 0 Å². The quantitative estimate of drug-likeness (QED) is 0.261. The van der Waals surface area contributed by atoms with Gasteiger partial charge in [0.2, 0.25) is 6.04 Å². The summed E-state index contributed by atoms with van der Waals surface area (Å²) in [6.45, 7) is 11.7. The van der Waals surface area contributed by atoms with E-state index >= 15 is 0 Å². The fourth-order valence-electron chi connectivity index (χ4n) is 5.58. The Morgan fingerprint density at radius 3 is 2.56 bits per heavy atom. The van der Waals surface area contributed by atoms with Crippen LogP contribution in [0.3, 0.4) is 0 Å². The topological polar surface area (TPSA) is 104 Å². The number of ketones is 1. The lowest BCUT2D eigenvalue weighted by atomic mass is 9.97. The van der Waals surface area contributed by atoms with Crippen molar-refractivity contribution in [2.75, 3.05) is 31.1 Å². The van der Waals surface area contributed by atoms with Gasteiger partial charge in [0.05, 0.1) is 42.5 Å². The molecular formula is C30H31F3N6O3S. The Morgan fingerprint density at radius 2 is 1.91 bits per heavy atom. The molecular weight excluding hydrogens is 581 g/mol. The largest absolute Gasteiger partial charge is 0.481 e. The van der Waals surface area contributed by atoms with Gasteiger partial charge in [-0.2, -0.15) is 13.2 Å². The van der Waals surface area contributed by atoms with Crippen LogP contribution in [-0.2, 0) is 23.9 Å². The molecule has 1 N–H and O–H groups in total. The SMILES string of the molecule is [C-]#[N+]C1CCCN(Cc2sc(CC(=O)c3cnc(N4CCC(C(=O)O)CC4)cn3)nc2-c2ccc(C)c(C(F)(F)F)c2)C1. The number of carboxylic acid groups (broad SMARTS) is 1. The van der Waals surface area contributed by atoms with Crippen molar-refractivity contribution in [2.24, 2.45) is 5.92 Å². The number of likely N-dealkylation sites (tertiary alicyclic amines) is 1. The number of anilines is 1. The molecule has 0 saturated carbocycles. The molecule has 2 saturated heterocycles. The van der Waals surface area contributed by atoms with Gasteiger partial charge in [0.1, 0.15) is 16.5 Å². The number of halogens is 3. The minimum absolute atomic E-state index is 0.0850. The summed E-state index contributed by atoms with van der Waals surface area (Å²) in [6.07, 6.45) is 0.998. The Bertz CT molecular complexity index is 1530. The van der Waals surface area contributed by atoms with E-state index in [1.54, 1.807) is 6.07 Å². The van der Waals surface area contributed by atoms with E-state index in [2.05, 4.69) is 24.7 Å². The molecule has 9 nitrogen and oxygen atoms in total. The smallest absolute Gasteiger partial charge is 0.416 e. The summed E-state index contributed by atoms with van der Waals surface area (Å²) in [4.78, 5) is 46.2. The zero-order valence-electron chi connectivity index (χ0n) is 23.6. The standard InChI is InChI=1S/C30H31F3N6O3S/c1-18-5-6-20(12-22(18)30(31,32)33)28-25(17-38-9-3-4-21(16-38)34-2)43-27(37-28)13-24(40)23-14-36-26(15-35-23)39-10-7-19(8-11-39)29(41)42/h5-6,12,14-15,19,21H,3-4,7-11,13,16-17H2,1H3,(H,41,42). The molecule has 1 atom stereocenters. The maximum Gasteiger partial charge on any atom is 0.416 e. The van der Waals surface area contributed by atoms with Gasteiger partial charge in [-0.15, -0.1) is 11.3 Å². The highest BCUT2D eigenvalue weighted by molar-refractivity contribution is 7.12. The lowest BCUT2D eigenvalue weighted by Crippen LogP contribution is -2.36. The molecule has 0 amide bonds. The summed E-state index contributed by atoms with van der Waals surface area (Å²) in [5.41, 5.74) is 0.280. The molecule has 1 unspecified atom stereocenters. The third kappa shape index (κ3) is 7.19. The number of carboxylic acids is 1. The van der Waals surface area contributed by atoms with Crippen molar-refractivity contribution in [2.45, 2.75) is 57.8 Å². The molecule has 5 rings (SSSR count). The minimum atomic E-state index is -4.51. The van der Waals surface area contributed by atoms with E-state index in [-0.39, 0.29) is 35.4 Å². The molecule has 2 fully saturated rings. The number of Topliss-reactive ketones (excluding diaryl/α,β-unsaturated/α-hetero) is 1. The zero-order valence-corrected chi connectivity index (χ0v) is 24.4. The summed E-state index contributed by atoms with van der Waals surface area (Å²) in [5, 5.41) is 9.67. The van der Waals surface area contributed by atoms with Crippen LogP contribution >= 0.6 is 11.3 Å². The Kier molecular flexibility index (Phi) is 9.08. The summed E-state index contributed by atoms with van der Waals surface area (Å²) in [5.74, 6) is -0.923. The third-order valence-electron chi connectivity index (χ3n) is 7.99. The number of thiazole rings is 1. The molecule has 2 aliphatic rings. The van der Waals surface area contributed by atoms with Crippen LogP contribution in [0, 0.1) is 19.4 Å². The normalized spacial score (nSPS) is 18.4. The second-order valence-electron chi connectivity index (χ2n) is 11.0. The molecule has 0 spiro atoms. The molecule has 1 aromatic carbocycles. The maximum absolute atomic E-state index is 13.7. The van der Waals surface area contributed by atoms with Crippen LogP contribution < -0.4 is 4.90 Å². The van der Waals surface area contributed by atoms with E-state index in [9.17, 15) is 27.9 Å². The van der Waals surface area contributed by atoms with Crippen molar-refractivity contribution in [1.29, 1.82) is 0 Å². The molecule has 43 heavy (non-hydrogen) atoms. The first-order chi connectivity index (χ1) is 20.5. The molecule has 226 valence electrons. The van der Waals surface area contributed by atoms with Crippen LogP contribution in [0.1, 0.15) is 57.2 Å². The van der Waals surface area contributed by atoms with Gasteiger partial charge in [0, 0.05) is 36.5 Å². The average molecular weight is 613 g/mol. The number of benzene rings is 1. The van der Waals surface area contributed by atoms with Crippen molar-refractivity contribution < 1.29 is 27.9 Å². The highest BCUT2D eigenvalue weighted by Gasteiger charge is 2.33. The first kappa shape index (κ1) is 30.6. The number of hydrogen-bond acceptors (Lipinski definition) is 8. The number of hydrogen-bond donors (Lipinski definition) is 1. The molecule has 0 bridgehead atoms. The van der Waals surface area contributed by atoms with Crippen molar-refractivity contribution in [3.63, 3.8) is 0 Å². The van der Waals surface area contributed by atoms with Crippen molar-refractivity contribution in [1.82, 2.24) is 19.9 Å². The Labute approximate surface area is 251 Å². The lowest BCUT2D eigenvalue weighted by molar-refractivity contribution is -0.142. The van der Waals surface area contributed by atoms with Gasteiger partial charge in [-0.1, -0.05) is 12.1 Å². The first-order valence-electron chi connectivity index (χ1n) is 14.1. The number of rotatable bonds is 8. The van der Waals surface area contributed by atoms with E-state index in [4.69, 9.17) is 6.57 Å². The number of alkyl halides is 3. The van der Waals surface area contributed by atoms with Crippen LogP contribution in [0.15, 0.2) is 30.6 Å². The minimum Gasteiger partial charge on any atom is -0.481 e. The van der Waals surface area contributed by atoms with Gasteiger partial charge < -0.3 is 14.9 Å². The number of carbonyl (C=O) groups is 2. The molecule has 2 aromatic heterocycles. The second kappa shape index (κ2) is 12.8. The van der Waals surface area contributed by atoms with E-state index in [1.165, 1.54) is 36.7 Å². The second-order valence-corrected chi connectivity index (χ2v) is 12.2. The number of nitrogens with zero attached hydrogens (tertiary/aromatic N) is 6. The Morgan fingerprint density at radius 1 is 1.14 bits per heavy atom. The van der Waals surface area contributed by atoms with Crippen LogP contribution in [0.4, 0.5) is 19.0 Å². The van der Waals surface area contributed by atoms with Gasteiger partial charge >= 0.3 is 12.1 Å². The van der Waals surface area contributed by atoms with E-state index in [0.29, 0.717) is 61.1 Å². The third-order valence-corrected chi connectivity index (χ3v) is 9.03. The fraction of sp³-hybridized carbons (Fsp3) is 0.467. The molecule has 2 aliphatic heterocycles. The summed E-state index contributed by atoms with van der Waals surface area (Å²) >= 11 is 1.29. The van der Waals surface area contributed by atoms with Gasteiger partial charge in [-0.3, -0.25) is 14.5 Å². The van der Waals surface area contributed by atoms with Crippen molar-refractivity contribution in [3.05, 3.63) is 68.7 Å². The number of aliphatic carboxylic acids is 1. The Hall–Kier alpha value is -3.89. The van der Waals surface area contributed by atoms with Gasteiger partial charge in [-0.05, 0) is 44.4 Å². The van der Waals surface area contributed by atoms with Crippen LogP contribution in [0.2, 0.25) is 0 Å². The number of piperidine rings is 2. The fourth-order valence-corrected chi connectivity index (χ4v) is 6.71. The highest BCUT2D eigenvalue weighted by Crippen LogP contribution is 2.37. The van der Waals surface area contributed by atoms with Crippen molar-refractivity contribution in [3.8, 4) is 11.3 Å². The highest BCUT2D eigenvalue weighted by atomic mass is 32.1. The van der Waals surface area contributed by atoms with Crippen LogP contribution in [0.25, 0.3) is 16.1 Å². The molecule has 0 aliphatic carbocycles. The average Bonchev–Trinajstić information content (AvgIpc) is 3.38. The molecule has 4 heterocycles. The van der Waals surface area contributed by atoms with Gasteiger partial charge in [0.25, 0.3) is 0 Å². The Balaban J connectivity index is 1.36. The van der Waals surface area contributed by atoms with E-state index < -0.39 is 17.7 Å². The van der Waals surface area contributed by atoms with E-state index in [1.807, 2.05) is 4.90 Å². The van der Waals surface area contributed by atoms with Crippen molar-refractivity contribution >= 4 is 28.9 Å². The lowest BCUT2D eigenvalue weighted by Gasteiger charge is -2.30. The predicted octanol–water partition coefficient (Wildman–Crippen LogP) is 5.54. The number of aromatic nitrogens is 3. The van der Waals surface area contributed by atoms with Crippen LogP contribution in [-0.4, -0.2) is 68.9 Å². The maximum atomic E-state index is 13.7. The summed E-state index contributed by atoms with van der Waals surface area (Å²) < 4.78 is 41.2. The molecule has 0 radical (unpaired) electrons. The number of aryl methyl sites for hydroxylation is 1. The zero-order chi connectivity index (χ0) is 30.7. The predicted molar refractivity (Wildman–Crippen MR) is 155 cm³/mol. The number of carbonyl (C=O) groups excluding carboxylic acids is 1.